The molecular weight excluding hydrogens is 411 g/mol. The van der Waals surface area contributed by atoms with Gasteiger partial charge >= 0.3 is 0 Å². The Bertz CT molecular complexity index is 719. The topological polar surface area (TPSA) is 74.0 Å². The minimum absolute atomic E-state index is 0.0381. The molecule has 0 saturated carbocycles. The van der Waals surface area contributed by atoms with Gasteiger partial charge in [0.2, 0.25) is 0 Å². The monoisotopic (exact) mass is 426 g/mol. The molecule has 2 aromatic carbocycles. The lowest BCUT2D eigenvalue weighted by Crippen LogP contribution is -1.95. The predicted octanol–water partition coefficient (Wildman–Crippen LogP) is 4.15. The summed E-state index contributed by atoms with van der Waals surface area (Å²) < 4.78 is 6.46. The molecule has 0 fully saturated rings. The minimum Gasteiger partial charge on any atom is -0.493 e. The Kier molecular flexibility index (Phi) is 6.33. The maximum atomic E-state index is 10.7. The number of hydrogen-bond donors (Lipinski definition) is 0. The number of benzene rings is 2. The third-order valence-electron chi connectivity index (χ3n) is 2.88. The number of oxime groups is 1. The van der Waals surface area contributed by atoms with Crippen LogP contribution in [0.15, 0.2) is 47.6 Å². The van der Waals surface area contributed by atoms with Crippen molar-refractivity contribution >= 4 is 34.5 Å². The highest BCUT2D eigenvalue weighted by Crippen LogP contribution is 2.21. The van der Waals surface area contributed by atoms with Crippen LogP contribution in [-0.4, -0.2) is 17.7 Å². The van der Waals surface area contributed by atoms with Gasteiger partial charge in [0.25, 0.3) is 5.69 Å². The second-order valence-electron chi connectivity index (χ2n) is 4.56. The second kappa shape index (κ2) is 8.47. The van der Waals surface area contributed by atoms with E-state index in [1.807, 2.05) is 25.1 Å². The molecule has 7 heteroatoms. The van der Waals surface area contributed by atoms with Crippen LogP contribution in [0.3, 0.4) is 0 Å². The fourth-order valence-corrected chi connectivity index (χ4v) is 2.53. The van der Waals surface area contributed by atoms with E-state index in [-0.39, 0.29) is 12.3 Å². The van der Waals surface area contributed by atoms with Crippen molar-refractivity contribution in [2.45, 2.75) is 13.5 Å². The molecule has 0 spiro atoms. The number of halogens is 1. The summed E-state index contributed by atoms with van der Waals surface area (Å²) in [5, 5.41) is 14.6. The Morgan fingerprint density at radius 2 is 2.13 bits per heavy atom. The Morgan fingerprint density at radius 3 is 2.83 bits per heavy atom. The molecule has 23 heavy (non-hydrogen) atoms. The van der Waals surface area contributed by atoms with Crippen LogP contribution < -0.4 is 4.74 Å². The fourth-order valence-electron chi connectivity index (χ4n) is 1.84. The first-order chi connectivity index (χ1) is 11.1. The molecule has 2 rings (SSSR count). The van der Waals surface area contributed by atoms with Gasteiger partial charge in [-0.05, 0) is 58.8 Å². The average Bonchev–Trinajstić information content (AvgIpc) is 2.54. The van der Waals surface area contributed by atoms with E-state index in [4.69, 9.17) is 9.57 Å². The third kappa shape index (κ3) is 5.20. The van der Waals surface area contributed by atoms with Gasteiger partial charge in [0.1, 0.15) is 12.4 Å². The van der Waals surface area contributed by atoms with Gasteiger partial charge in [0, 0.05) is 12.1 Å². The van der Waals surface area contributed by atoms with Crippen molar-refractivity contribution in [3.05, 3.63) is 67.3 Å². The van der Waals surface area contributed by atoms with E-state index in [1.165, 1.54) is 12.1 Å². The average molecular weight is 426 g/mol. The highest BCUT2D eigenvalue weighted by Gasteiger charge is 2.05. The summed E-state index contributed by atoms with van der Waals surface area (Å²) in [6.45, 7) is 2.73. The second-order valence-corrected chi connectivity index (χ2v) is 5.72. The number of ether oxygens (including phenoxy) is 1. The lowest BCUT2D eigenvalue weighted by Gasteiger charge is -2.05. The number of non-ortho nitro benzene ring substituents is 1. The molecule has 120 valence electrons. The van der Waals surface area contributed by atoms with Crippen LogP contribution >= 0.6 is 22.6 Å². The minimum atomic E-state index is -0.436. The van der Waals surface area contributed by atoms with Crippen molar-refractivity contribution < 1.29 is 14.5 Å². The van der Waals surface area contributed by atoms with E-state index in [0.717, 1.165) is 14.9 Å². The van der Waals surface area contributed by atoms with Crippen LogP contribution in [0.2, 0.25) is 0 Å². The zero-order valence-corrected chi connectivity index (χ0v) is 14.6. The Labute approximate surface area is 147 Å². The van der Waals surface area contributed by atoms with Crippen LogP contribution in [0.4, 0.5) is 5.69 Å². The van der Waals surface area contributed by atoms with E-state index in [1.54, 1.807) is 18.3 Å². The van der Waals surface area contributed by atoms with Crippen molar-refractivity contribution in [2.75, 3.05) is 6.61 Å². The Balaban J connectivity index is 1.93. The molecule has 0 saturated heterocycles. The largest absolute Gasteiger partial charge is 0.493 e. The van der Waals surface area contributed by atoms with Gasteiger partial charge in [-0.2, -0.15) is 0 Å². The van der Waals surface area contributed by atoms with Crippen molar-refractivity contribution in [1.29, 1.82) is 0 Å². The first-order valence-electron chi connectivity index (χ1n) is 6.91. The highest BCUT2D eigenvalue weighted by atomic mass is 127. The summed E-state index contributed by atoms with van der Waals surface area (Å²) in [7, 11) is 0. The van der Waals surface area contributed by atoms with Gasteiger partial charge in [-0.3, -0.25) is 10.1 Å². The Hall–Kier alpha value is -2.16. The van der Waals surface area contributed by atoms with E-state index < -0.39 is 4.92 Å². The van der Waals surface area contributed by atoms with E-state index in [2.05, 4.69) is 27.7 Å². The molecule has 0 aliphatic rings. The van der Waals surface area contributed by atoms with Gasteiger partial charge in [-0.1, -0.05) is 17.3 Å². The van der Waals surface area contributed by atoms with Gasteiger partial charge in [-0.25, -0.2) is 0 Å². The molecule has 0 aliphatic heterocycles. The molecule has 0 unspecified atom stereocenters. The van der Waals surface area contributed by atoms with Gasteiger partial charge in [0.05, 0.1) is 21.3 Å². The molecule has 6 nitrogen and oxygen atoms in total. The zero-order valence-electron chi connectivity index (χ0n) is 12.4. The summed E-state index contributed by atoms with van der Waals surface area (Å²) in [6.07, 6.45) is 1.59. The van der Waals surface area contributed by atoms with Gasteiger partial charge in [-0.15, -0.1) is 0 Å². The number of nitro groups is 1. The van der Waals surface area contributed by atoms with Crippen molar-refractivity contribution in [1.82, 2.24) is 0 Å². The lowest BCUT2D eigenvalue weighted by molar-refractivity contribution is -0.384. The van der Waals surface area contributed by atoms with Crippen LogP contribution in [0.1, 0.15) is 18.1 Å². The highest BCUT2D eigenvalue weighted by molar-refractivity contribution is 14.1. The van der Waals surface area contributed by atoms with Crippen molar-refractivity contribution in [3.8, 4) is 5.75 Å². The van der Waals surface area contributed by atoms with E-state index in [0.29, 0.717) is 12.2 Å². The molecule has 0 atom stereocenters. The SMILES string of the molecule is CCOc1ccc(/C=N\OCc2cccc([N+](=O)[O-])c2)cc1I. The molecule has 0 heterocycles. The van der Waals surface area contributed by atoms with Gasteiger partial charge in [0.15, 0.2) is 0 Å². The molecule has 2 aromatic rings. The number of nitrogens with zero attached hydrogens (tertiary/aromatic N) is 2. The molecule has 0 N–H and O–H groups in total. The van der Waals surface area contributed by atoms with Crippen LogP contribution in [0.5, 0.6) is 5.75 Å². The predicted molar refractivity (Wildman–Crippen MR) is 95.8 cm³/mol. The van der Waals surface area contributed by atoms with Crippen LogP contribution in [0.25, 0.3) is 0 Å². The molecule has 0 radical (unpaired) electrons. The summed E-state index contributed by atoms with van der Waals surface area (Å²) >= 11 is 2.20. The summed E-state index contributed by atoms with van der Waals surface area (Å²) in [5.41, 5.74) is 1.62. The van der Waals surface area contributed by atoms with Crippen molar-refractivity contribution in [3.63, 3.8) is 0 Å². The van der Waals surface area contributed by atoms with Crippen molar-refractivity contribution in [2.24, 2.45) is 5.16 Å². The molecule has 0 aliphatic carbocycles. The first-order valence-corrected chi connectivity index (χ1v) is 7.99. The number of hydrogen-bond acceptors (Lipinski definition) is 5. The summed E-state index contributed by atoms with van der Waals surface area (Å²) in [4.78, 5) is 15.5. The Morgan fingerprint density at radius 1 is 1.30 bits per heavy atom. The smallest absolute Gasteiger partial charge is 0.269 e. The van der Waals surface area contributed by atoms with Crippen LogP contribution in [-0.2, 0) is 11.4 Å². The maximum Gasteiger partial charge on any atom is 0.269 e. The summed E-state index contributed by atoms with van der Waals surface area (Å²) in [6, 6.07) is 12.0. The molecule has 0 aromatic heterocycles. The standard InChI is InChI=1S/C16H15IN2O4/c1-2-22-16-7-6-12(9-15(16)17)10-18-23-11-13-4-3-5-14(8-13)19(20)21/h3-10H,2,11H2,1H3/b18-10-. The molecule has 0 amide bonds. The maximum absolute atomic E-state index is 10.7. The fraction of sp³-hybridized carbons (Fsp3) is 0.188. The van der Waals surface area contributed by atoms with E-state index in [9.17, 15) is 10.1 Å². The number of rotatable bonds is 7. The molecular formula is C16H15IN2O4. The molecule has 0 bridgehead atoms. The number of nitro benzene ring substituents is 1. The lowest BCUT2D eigenvalue weighted by atomic mass is 10.2. The van der Waals surface area contributed by atoms with Crippen LogP contribution in [0, 0.1) is 13.7 Å². The quantitative estimate of drug-likeness (QED) is 0.289. The summed E-state index contributed by atoms with van der Waals surface area (Å²) in [5.74, 6) is 0.836. The normalized spacial score (nSPS) is 10.7. The first kappa shape index (κ1) is 17.2. The van der Waals surface area contributed by atoms with Gasteiger partial charge < -0.3 is 9.57 Å². The van der Waals surface area contributed by atoms with E-state index >= 15 is 0 Å². The zero-order chi connectivity index (χ0) is 16.7. The third-order valence-corrected chi connectivity index (χ3v) is 3.73.